The number of nitrogens with zero attached hydrogens (tertiary/aromatic N) is 1. The predicted molar refractivity (Wildman–Crippen MR) is 56.2 cm³/mol. The van der Waals surface area contributed by atoms with E-state index in [1.807, 2.05) is 11.4 Å². The molecule has 5 heteroatoms. The Balaban J connectivity index is 2.76. The third-order valence-corrected chi connectivity index (χ3v) is 3.23. The lowest BCUT2D eigenvalue weighted by molar-refractivity contribution is -0.385. The van der Waals surface area contributed by atoms with Crippen LogP contribution < -0.4 is 0 Å². The quantitative estimate of drug-likeness (QED) is 0.579. The molecule has 0 fully saturated rings. The Morgan fingerprint density at radius 3 is 2.92 bits per heavy atom. The molecule has 0 saturated carbocycles. The lowest BCUT2D eigenvalue weighted by Crippen LogP contribution is -1.88. The molecule has 0 aliphatic carbocycles. The van der Waals surface area contributed by atoms with E-state index < -0.39 is 0 Å². The van der Waals surface area contributed by atoms with Crippen molar-refractivity contribution in [2.75, 3.05) is 0 Å². The van der Waals surface area contributed by atoms with Gasteiger partial charge in [-0.25, -0.2) is 0 Å². The summed E-state index contributed by atoms with van der Waals surface area (Å²) in [6, 6.07) is 5.23. The Bertz CT molecular complexity index is 480. The standard InChI is InChI=1S/C8H4BrNO2S/c9-6-4-8-5(1-2-13-8)3-7(6)10(11)12/h1-4H. The van der Waals surface area contributed by atoms with Crippen LogP contribution in [0, 0.1) is 10.1 Å². The fraction of sp³-hybridized carbons (Fsp3) is 0. The lowest BCUT2D eigenvalue weighted by atomic mass is 10.2. The first-order valence-corrected chi connectivity index (χ1v) is 5.17. The fourth-order valence-electron chi connectivity index (χ4n) is 1.11. The third kappa shape index (κ3) is 1.45. The second-order valence-corrected chi connectivity index (χ2v) is 4.32. The Hall–Kier alpha value is -0.940. The van der Waals surface area contributed by atoms with Crippen LogP contribution in [0.15, 0.2) is 28.1 Å². The van der Waals surface area contributed by atoms with Crippen molar-refractivity contribution in [2.45, 2.75) is 0 Å². The second kappa shape index (κ2) is 3.08. The van der Waals surface area contributed by atoms with Crippen LogP contribution in [0.4, 0.5) is 5.69 Å². The van der Waals surface area contributed by atoms with Crippen molar-refractivity contribution in [1.82, 2.24) is 0 Å². The lowest BCUT2D eigenvalue weighted by Gasteiger charge is -1.94. The molecule has 1 aromatic carbocycles. The maximum atomic E-state index is 10.6. The van der Waals surface area contributed by atoms with Gasteiger partial charge >= 0.3 is 0 Å². The summed E-state index contributed by atoms with van der Waals surface area (Å²) in [6.07, 6.45) is 0. The maximum absolute atomic E-state index is 10.6. The number of hydrogen-bond donors (Lipinski definition) is 0. The molecule has 0 spiro atoms. The van der Waals surface area contributed by atoms with E-state index in [0.717, 1.165) is 10.1 Å². The Morgan fingerprint density at radius 2 is 2.23 bits per heavy atom. The first kappa shape index (κ1) is 8.65. The molecule has 0 aliphatic heterocycles. The van der Waals surface area contributed by atoms with E-state index in [1.54, 1.807) is 23.5 Å². The van der Waals surface area contributed by atoms with Gasteiger partial charge in [-0.15, -0.1) is 11.3 Å². The average molecular weight is 258 g/mol. The highest BCUT2D eigenvalue weighted by Gasteiger charge is 2.12. The minimum absolute atomic E-state index is 0.117. The van der Waals surface area contributed by atoms with E-state index in [-0.39, 0.29) is 10.6 Å². The molecule has 0 N–H and O–H groups in total. The molecule has 0 radical (unpaired) electrons. The largest absolute Gasteiger partial charge is 0.284 e. The van der Waals surface area contributed by atoms with E-state index >= 15 is 0 Å². The molecule has 0 aliphatic rings. The topological polar surface area (TPSA) is 43.1 Å². The molecule has 13 heavy (non-hydrogen) atoms. The van der Waals surface area contributed by atoms with Crippen molar-refractivity contribution in [2.24, 2.45) is 0 Å². The molecular formula is C8H4BrNO2S. The summed E-state index contributed by atoms with van der Waals surface area (Å²) in [5.74, 6) is 0. The number of halogens is 1. The summed E-state index contributed by atoms with van der Waals surface area (Å²) < 4.78 is 1.59. The summed E-state index contributed by atoms with van der Waals surface area (Å²) in [7, 11) is 0. The number of hydrogen-bond acceptors (Lipinski definition) is 3. The van der Waals surface area contributed by atoms with Crippen LogP contribution in [0.25, 0.3) is 10.1 Å². The third-order valence-electron chi connectivity index (χ3n) is 1.72. The van der Waals surface area contributed by atoms with Gasteiger partial charge in [0.25, 0.3) is 5.69 Å². The van der Waals surface area contributed by atoms with Gasteiger partial charge in [0.1, 0.15) is 0 Å². The molecule has 66 valence electrons. The molecule has 3 nitrogen and oxygen atoms in total. The van der Waals surface area contributed by atoms with Crippen molar-refractivity contribution in [1.29, 1.82) is 0 Å². The SMILES string of the molecule is O=[N+]([O-])c1cc2ccsc2cc1Br. The van der Waals surface area contributed by atoms with Gasteiger partial charge in [0, 0.05) is 10.8 Å². The molecule has 0 saturated heterocycles. The number of thiophene rings is 1. The average Bonchev–Trinajstić information content (AvgIpc) is 2.48. The summed E-state index contributed by atoms with van der Waals surface area (Å²) >= 11 is 4.74. The van der Waals surface area contributed by atoms with Crippen LogP contribution in [0.3, 0.4) is 0 Å². The van der Waals surface area contributed by atoms with Gasteiger partial charge in [0.05, 0.1) is 9.40 Å². The summed E-state index contributed by atoms with van der Waals surface area (Å²) in [4.78, 5) is 10.2. The van der Waals surface area contributed by atoms with E-state index in [2.05, 4.69) is 15.9 Å². The predicted octanol–water partition coefficient (Wildman–Crippen LogP) is 3.57. The van der Waals surface area contributed by atoms with E-state index in [1.165, 1.54) is 0 Å². The van der Waals surface area contributed by atoms with E-state index in [0.29, 0.717) is 4.47 Å². The van der Waals surface area contributed by atoms with Gasteiger partial charge in [-0.3, -0.25) is 10.1 Å². The van der Waals surface area contributed by atoms with Crippen molar-refractivity contribution in [3.63, 3.8) is 0 Å². The highest BCUT2D eigenvalue weighted by Crippen LogP contribution is 2.32. The number of nitro benzene ring substituents is 1. The molecule has 0 bridgehead atoms. The van der Waals surface area contributed by atoms with E-state index in [9.17, 15) is 10.1 Å². The van der Waals surface area contributed by atoms with Crippen LogP contribution in [0.1, 0.15) is 0 Å². The molecule has 1 heterocycles. The van der Waals surface area contributed by atoms with Crippen molar-refractivity contribution in [3.05, 3.63) is 38.2 Å². The highest BCUT2D eigenvalue weighted by atomic mass is 79.9. The molecule has 0 unspecified atom stereocenters. The summed E-state index contributed by atoms with van der Waals surface area (Å²) in [5, 5.41) is 13.4. The first-order chi connectivity index (χ1) is 6.18. The Kier molecular flexibility index (Phi) is 2.05. The molecule has 2 aromatic rings. The molecule has 2 rings (SSSR count). The fourth-order valence-corrected chi connectivity index (χ4v) is 2.56. The Morgan fingerprint density at radius 1 is 1.46 bits per heavy atom. The molecule has 1 aromatic heterocycles. The summed E-state index contributed by atoms with van der Waals surface area (Å²) in [6.45, 7) is 0. The second-order valence-electron chi connectivity index (χ2n) is 2.52. The van der Waals surface area contributed by atoms with Crippen molar-refractivity contribution in [3.8, 4) is 0 Å². The van der Waals surface area contributed by atoms with Gasteiger partial charge < -0.3 is 0 Å². The number of nitro groups is 1. The van der Waals surface area contributed by atoms with Gasteiger partial charge in [-0.1, -0.05) is 0 Å². The number of fused-ring (bicyclic) bond motifs is 1. The zero-order chi connectivity index (χ0) is 9.42. The molecular weight excluding hydrogens is 254 g/mol. The molecule has 0 atom stereocenters. The Labute approximate surface area is 86.3 Å². The van der Waals surface area contributed by atoms with Crippen LogP contribution in [-0.4, -0.2) is 4.92 Å². The normalized spacial score (nSPS) is 10.5. The smallest absolute Gasteiger partial charge is 0.258 e. The zero-order valence-electron chi connectivity index (χ0n) is 6.36. The molecule has 0 amide bonds. The first-order valence-electron chi connectivity index (χ1n) is 3.49. The number of rotatable bonds is 1. The van der Waals surface area contributed by atoms with Crippen LogP contribution >= 0.6 is 27.3 Å². The number of benzene rings is 1. The van der Waals surface area contributed by atoms with Gasteiger partial charge in [0.15, 0.2) is 0 Å². The van der Waals surface area contributed by atoms with E-state index in [4.69, 9.17) is 0 Å². The highest BCUT2D eigenvalue weighted by molar-refractivity contribution is 9.10. The monoisotopic (exact) mass is 257 g/mol. The minimum atomic E-state index is -0.388. The van der Waals surface area contributed by atoms with Gasteiger partial charge in [-0.2, -0.15) is 0 Å². The van der Waals surface area contributed by atoms with Crippen LogP contribution in [-0.2, 0) is 0 Å². The van der Waals surface area contributed by atoms with Crippen molar-refractivity contribution >= 4 is 43.0 Å². The maximum Gasteiger partial charge on any atom is 0.284 e. The van der Waals surface area contributed by atoms with Crippen LogP contribution in [0.5, 0.6) is 0 Å². The van der Waals surface area contributed by atoms with Gasteiger partial charge in [-0.05, 0) is 38.8 Å². The van der Waals surface area contributed by atoms with Crippen LogP contribution in [0.2, 0.25) is 0 Å². The summed E-state index contributed by atoms with van der Waals surface area (Å²) in [5.41, 5.74) is 0.117. The van der Waals surface area contributed by atoms with Gasteiger partial charge in [0.2, 0.25) is 0 Å². The zero-order valence-corrected chi connectivity index (χ0v) is 8.76. The minimum Gasteiger partial charge on any atom is -0.258 e. The van der Waals surface area contributed by atoms with Crippen molar-refractivity contribution < 1.29 is 4.92 Å².